The van der Waals surface area contributed by atoms with Gasteiger partial charge in [0.15, 0.2) is 0 Å². The molecule has 8 heteroatoms. The van der Waals surface area contributed by atoms with E-state index in [-0.39, 0.29) is 6.54 Å². The van der Waals surface area contributed by atoms with Gasteiger partial charge < -0.3 is 15.4 Å². The van der Waals surface area contributed by atoms with E-state index in [4.69, 9.17) is 23.2 Å². The topological polar surface area (TPSA) is 84.5 Å². The molecule has 0 atom stereocenters. The minimum atomic E-state index is -0.445. The van der Waals surface area contributed by atoms with E-state index in [0.717, 1.165) is 0 Å². The molecule has 0 heterocycles. The number of amides is 2. The average Bonchev–Trinajstić information content (AvgIpc) is 2.67. The molecule has 0 saturated carbocycles. The molecule has 2 aromatic rings. The number of hydrogen-bond acceptors (Lipinski definition) is 4. The first-order valence-electron chi connectivity index (χ1n) is 7.78. The molecule has 0 fully saturated rings. The summed E-state index contributed by atoms with van der Waals surface area (Å²) in [7, 11) is 1.30. The van der Waals surface area contributed by atoms with Gasteiger partial charge in [-0.3, -0.25) is 9.59 Å². The third-order valence-electron chi connectivity index (χ3n) is 3.38. The Morgan fingerprint density at radius 3 is 2.44 bits per heavy atom. The highest BCUT2D eigenvalue weighted by Gasteiger charge is 2.08. The highest BCUT2D eigenvalue weighted by atomic mass is 35.5. The Hall–Kier alpha value is -2.83. The van der Waals surface area contributed by atoms with Crippen molar-refractivity contribution in [2.45, 2.75) is 0 Å². The van der Waals surface area contributed by atoms with Crippen LogP contribution >= 0.6 is 23.2 Å². The number of esters is 1. The zero-order valence-corrected chi connectivity index (χ0v) is 15.8. The molecule has 2 rings (SSSR count). The molecule has 0 aliphatic carbocycles. The third-order valence-corrected chi connectivity index (χ3v) is 3.95. The molecule has 0 spiro atoms. The summed E-state index contributed by atoms with van der Waals surface area (Å²) in [5.74, 6) is -1.32. The number of benzene rings is 2. The number of carbonyl (C=O) groups is 3. The number of carbonyl (C=O) groups excluding carboxylic acids is 3. The van der Waals surface area contributed by atoms with Gasteiger partial charge in [0.25, 0.3) is 0 Å². The van der Waals surface area contributed by atoms with E-state index >= 15 is 0 Å². The van der Waals surface area contributed by atoms with Crippen molar-refractivity contribution in [1.29, 1.82) is 0 Å². The lowest BCUT2D eigenvalue weighted by molar-refractivity contribution is -0.121. The molecule has 0 bridgehead atoms. The summed E-state index contributed by atoms with van der Waals surface area (Å²) >= 11 is 11.8. The third kappa shape index (κ3) is 6.44. The quantitative estimate of drug-likeness (QED) is 0.567. The van der Waals surface area contributed by atoms with E-state index < -0.39 is 17.8 Å². The van der Waals surface area contributed by atoms with E-state index in [0.29, 0.717) is 26.9 Å². The number of anilines is 1. The average molecular weight is 407 g/mol. The number of nitrogens with one attached hydrogen (secondary N) is 2. The van der Waals surface area contributed by atoms with Gasteiger partial charge in [0, 0.05) is 11.1 Å². The lowest BCUT2D eigenvalue weighted by Gasteiger charge is -2.08. The molecule has 2 amide bonds. The fraction of sp³-hybridized carbons (Fsp3) is 0.105. The predicted molar refractivity (Wildman–Crippen MR) is 105 cm³/mol. The molecule has 0 radical (unpaired) electrons. The van der Waals surface area contributed by atoms with Crippen LogP contribution in [0, 0.1) is 0 Å². The summed E-state index contributed by atoms with van der Waals surface area (Å²) in [6.07, 6.45) is 2.84. The van der Waals surface area contributed by atoms with Crippen LogP contribution in [0.4, 0.5) is 5.69 Å². The molecular weight excluding hydrogens is 391 g/mol. The van der Waals surface area contributed by atoms with Gasteiger partial charge in [0.1, 0.15) is 0 Å². The molecule has 0 aliphatic heterocycles. The second kappa shape index (κ2) is 9.75. The second-order valence-electron chi connectivity index (χ2n) is 5.34. The van der Waals surface area contributed by atoms with Gasteiger partial charge in [-0.05, 0) is 42.0 Å². The SMILES string of the molecule is COC(=O)c1ccc(/C=C/C(=O)NCC(=O)Nc2cc(Cl)ccc2Cl)cc1. The number of halogens is 2. The van der Waals surface area contributed by atoms with Crippen molar-refractivity contribution in [3.8, 4) is 0 Å². The fourth-order valence-corrected chi connectivity index (χ4v) is 2.37. The van der Waals surface area contributed by atoms with Crippen molar-refractivity contribution in [1.82, 2.24) is 5.32 Å². The molecule has 6 nitrogen and oxygen atoms in total. The Morgan fingerprint density at radius 1 is 1.07 bits per heavy atom. The van der Waals surface area contributed by atoms with Crippen molar-refractivity contribution >= 4 is 52.7 Å². The second-order valence-corrected chi connectivity index (χ2v) is 6.18. The van der Waals surface area contributed by atoms with Crippen molar-refractivity contribution in [2.75, 3.05) is 19.0 Å². The highest BCUT2D eigenvalue weighted by Crippen LogP contribution is 2.25. The molecule has 27 heavy (non-hydrogen) atoms. The van der Waals surface area contributed by atoms with Crippen LogP contribution in [0.3, 0.4) is 0 Å². The van der Waals surface area contributed by atoms with Crippen LogP contribution in [0.1, 0.15) is 15.9 Å². The van der Waals surface area contributed by atoms with Crippen LogP contribution < -0.4 is 10.6 Å². The summed E-state index contributed by atoms with van der Waals surface area (Å²) in [5, 5.41) is 5.79. The lowest BCUT2D eigenvalue weighted by Crippen LogP contribution is -2.31. The van der Waals surface area contributed by atoms with E-state index in [1.807, 2.05) is 0 Å². The summed E-state index contributed by atoms with van der Waals surface area (Å²) < 4.78 is 4.61. The molecule has 0 unspecified atom stereocenters. The van der Waals surface area contributed by atoms with Gasteiger partial charge in [-0.25, -0.2) is 4.79 Å². The van der Waals surface area contributed by atoms with Crippen molar-refractivity contribution in [2.24, 2.45) is 0 Å². The van der Waals surface area contributed by atoms with E-state index in [1.165, 1.54) is 19.3 Å². The largest absolute Gasteiger partial charge is 0.465 e. The Bertz CT molecular complexity index is 880. The smallest absolute Gasteiger partial charge is 0.337 e. The normalized spacial score (nSPS) is 10.5. The number of ether oxygens (including phenoxy) is 1. The fourth-order valence-electron chi connectivity index (χ4n) is 2.03. The highest BCUT2D eigenvalue weighted by molar-refractivity contribution is 6.35. The number of rotatable bonds is 6. The first-order valence-corrected chi connectivity index (χ1v) is 8.54. The Balaban J connectivity index is 1.84. The molecule has 2 aromatic carbocycles. The van der Waals surface area contributed by atoms with Crippen LogP contribution in [-0.2, 0) is 14.3 Å². The summed E-state index contributed by atoms with van der Waals surface area (Å²) in [4.78, 5) is 35.1. The van der Waals surface area contributed by atoms with E-state index in [9.17, 15) is 14.4 Å². The minimum Gasteiger partial charge on any atom is -0.465 e. The minimum absolute atomic E-state index is 0.229. The zero-order valence-electron chi connectivity index (χ0n) is 14.3. The maximum atomic E-state index is 11.9. The molecule has 2 N–H and O–H groups in total. The summed E-state index contributed by atoms with van der Waals surface area (Å²) in [6, 6.07) is 11.2. The monoisotopic (exact) mass is 406 g/mol. The lowest BCUT2D eigenvalue weighted by atomic mass is 10.1. The van der Waals surface area contributed by atoms with E-state index in [2.05, 4.69) is 15.4 Å². The van der Waals surface area contributed by atoms with Crippen molar-refractivity contribution in [3.05, 3.63) is 69.7 Å². The maximum Gasteiger partial charge on any atom is 0.337 e. The van der Waals surface area contributed by atoms with Gasteiger partial charge in [-0.2, -0.15) is 0 Å². The summed E-state index contributed by atoms with van der Waals surface area (Å²) in [5.41, 5.74) is 1.49. The van der Waals surface area contributed by atoms with Gasteiger partial charge >= 0.3 is 5.97 Å². The Morgan fingerprint density at radius 2 is 1.78 bits per heavy atom. The molecular formula is C19H16Cl2N2O4. The maximum absolute atomic E-state index is 11.9. The molecule has 0 aliphatic rings. The number of methoxy groups -OCH3 is 1. The number of hydrogen-bond donors (Lipinski definition) is 2. The first-order chi connectivity index (χ1) is 12.9. The van der Waals surface area contributed by atoms with Crippen LogP contribution in [-0.4, -0.2) is 31.4 Å². The van der Waals surface area contributed by atoms with Gasteiger partial charge in [0.2, 0.25) is 11.8 Å². The zero-order chi connectivity index (χ0) is 19.8. The standard InChI is InChI=1S/C19H16Cl2N2O4/c1-27-19(26)13-5-2-12(3-6-13)4-9-17(24)22-11-18(25)23-16-10-14(20)7-8-15(16)21/h2-10H,11H2,1H3,(H,22,24)(H,23,25)/b9-4+. The molecule has 0 aromatic heterocycles. The Kier molecular flexibility index (Phi) is 7.40. The van der Waals surface area contributed by atoms with Gasteiger partial charge in [-0.15, -0.1) is 0 Å². The van der Waals surface area contributed by atoms with Crippen molar-refractivity contribution in [3.63, 3.8) is 0 Å². The van der Waals surface area contributed by atoms with Crippen LogP contribution in [0.2, 0.25) is 10.0 Å². The Labute approximate surface area is 166 Å². The van der Waals surface area contributed by atoms with Crippen LogP contribution in [0.5, 0.6) is 0 Å². The van der Waals surface area contributed by atoms with E-state index in [1.54, 1.807) is 42.5 Å². The molecule has 140 valence electrons. The van der Waals surface area contributed by atoms with Gasteiger partial charge in [-0.1, -0.05) is 35.3 Å². The molecule has 0 saturated heterocycles. The first kappa shape index (κ1) is 20.5. The predicted octanol–water partition coefficient (Wildman–Crippen LogP) is 3.55. The van der Waals surface area contributed by atoms with Crippen LogP contribution in [0.25, 0.3) is 6.08 Å². The van der Waals surface area contributed by atoms with Crippen LogP contribution in [0.15, 0.2) is 48.5 Å². The van der Waals surface area contributed by atoms with Gasteiger partial charge in [0.05, 0.1) is 29.9 Å². The van der Waals surface area contributed by atoms with Crippen molar-refractivity contribution < 1.29 is 19.1 Å². The summed E-state index contributed by atoms with van der Waals surface area (Å²) in [6.45, 7) is -0.229.